The zero-order chi connectivity index (χ0) is 24.5. The van der Waals surface area contributed by atoms with E-state index < -0.39 is 0 Å². The number of hydrogen-bond acceptors (Lipinski definition) is 6. The van der Waals surface area contributed by atoms with Crippen LogP contribution in [0.2, 0.25) is 0 Å². The first kappa shape index (κ1) is 22.9. The van der Waals surface area contributed by atoms with Gasteiger partial charge in [0.25, 0.3) is 0 Å². The van der Waals surface area contributed by atoms with Crippen LogP contribution in [0.1, 0.15) is 36.4 Å². The van der Waals surface area contributed by atoms with E-state index in [1.54, 1.807) is 17.5 Å². The quantitative estimate of drug-likeness (QED) is 0.266. The molecule has 0 unspecified atom stereocenters. The largest absolute Gasteiger partial charge is 0.457 e. The van der Waals surface area contributed by atoms with E-state index in [4.69, 9.17) is 9.72 Å². The van der Waals surface area contributed by atoms with Crippen LogP contribution in [-0.4, -0.2) is 31.1 Å². The van der Waals surface area contributed by atoms with Gasteiger partial charge in [0.15, 0.2) is 0 Å². The standard InChI is InChI=1S/C29H28N4O2S/c1-18-17-31-29(32-18)20-8-6-19(7-9-20)25-15-23(12-13-30-25)35-22-10-11-24-27(16-22)36-28(33-24)14-21-4-2-3-5-26(21)34/h6-13,15-17,21,26,34H,2-5,14H2,1H3,(H,31,32)/t21-,26+/m0/s1. The monoisotopic (exact) mass is 496 g/mol. The smallest absolute Gasteiger partial charge is 0.137 e. The molecule has 3 aromatic heterocycles. The molecule has 0 radical (unpaired) electrons. The van der Waals surface area contributed by atoms with Crippen molar-refractivity contribution in [3.05, 3.63) is 77.7 Å². The van der Waals surface area contributed by atoms with Gasteiger partial charge in [-0.15, -0.1) is 11.3 Å². The van der Waals surface area contributed by atoms with Crippen LogP contribution in [0, 0.1) is 12.8 Å². The van der Waals surface area contributed by atoms with Crippen LogP contribution < -0.4 is 4.74 Å². The van der Waals surface area contributed by atoms with Gasteiger partial charge in [-0.2, -0.15) is 0 Å². The van der Waals surface area contributed by atoms with Gasteiger partial charge in [0.1, 0.15) is 17.3 Å². The number of fused-ring (bicyclic) bond motifs is 1. The number of hydrogen-bond donors (Lipinski definition) is 2. The molecule has 5 aromatic rings. The maximum atomic E-state index is 10.3. The maximum absolute atomic E-state index is 10.3. The van der Waals surface area contributed by atoms with Crippen LogP contribution in [0.3, 0.4) is 0 Å². The van der Waals surface area contributed by atoms with Crippen molar-refractivity contribution in [2.45, 2.75) is 45.1 Å². The molecule has 0 amide bonds. The van der Waals surface area contributed by atoms with Gasteiger partial charge < -0.3 is 14.8 Å². The summed E-state index contributed by atoms with van der Waals surface area (Å²) in [6.07, 6.45) is 8.58. The van der Waals surface area contributed by atoms with Crippen molar-refractivity contribution in [3.8, 4) is 34.1 Å². The highest BCUT2D eigenvalue weighted by Gasteiger charge is 2.24. The van der Waals surface area contributed by atoms with E-state index in [1.165, 1.54) is 6.42 Å². The van der Waals surface area contributed by atoms with Gasteiger partial charge in [0.2, 0.25) is 0 Å². The summed E-state index contributed by atoms with van der Waals surface area (Å²) in [6.45, 7) is 1.99. The fraction of sp³-hybridized carbons (Fsp3) is 0.276. The Labute approximate surface area is 214 Å². The lowest BCUT2D eigenvalue weighted by Gasteiger charge is -2.26. The first-order valence-electron chi connectivity index (χ1n) is 12.4. The summed E-state index contributed by atoms with van der Waals surface area (Å²) in [4.78, 5) is 17.0. The summed E-state index contributed by atoms with van der Waals surface area (Å²) < 4.78 is 7.31. The minimum absolute atomic E-state index is 0.198. The van der Waals surface area contributed by atoms with E-state index in [-0.39, 0.29) is 6.10 Å². The molecule has 0 spiro atoms. The number of benzene rings is 2. The number of nitrogens with one attached hydrogen (secondary N) is 1. The third kappa shape index (κ3) is 4.90. The number of aliphatic hydroxyl groups is 1. The van der Waals surface area contributed by atoms with E-state index in [0.29, 0.717) is 5.92 Å². The van der Waals surface area contributed by atoms with Crippen LogP contribution >= 0.6 is 11.3 Å². The molecule has 1 saturated carbocycles. The Kier molecular flexibility index (Phi) is 6.25. The molecule has 0 bridgehead atoms. The highest BCUT2D eigenvalue weighted by atomic mass is 32.1. The fourth-order valence-electron chi connectivity index (χ4n) is 4.88. The lowest BCUT2D eigenvalue weighted by Crippen LogP contribution is -2.26. The third-order valence-electron chi connectivity index (χ3n) is 6.83. The Hall–Kier alpha value is -3.55. The van der Waals surface area contributed by atoms with Crippen LogP contribution in [0.25, 0.3) is 32.9 Å². The molecule has 182 valence electrons. The molecule has 0 saturated heterocycles. The number of aromatic amines is 1. The summed E-state index contributed by atoms with van der Waals surface area (Å²) in [7, 11) is 0. The van der Waals surface area contributed by atoms with Gasteiger partial charge in [0, 0.05) is 47.8 Å². The summed E-state index contributed by atoms with van der Waals surface area (Å²) in [5.74, 6) is 2.69. The van der Waals surface area contributed by atoms with Gasteiger partial charge in [-0.05, 0) is 43.9 Å². The number of nitrogens with zero attached hydrogens (tertiary/aromatic N) is 3. The van der Waals surface area contributed by atoms with Crippen molar-refractivity contribution in [3.63, 3.8) is 0 Å². The molecule has 2 atom stereocenters. The van der Waals surface area contributed by atoms with E-state index in [2.05, 4.69) is 15.0 Å². The minimum Gasteiger partial charge on any atom is -0.457 e. The molecular weight excluding hydrogens is 468 g/mol. The van der Waals surface area contributed by atoms with Crippen molar-refractivity contribution in [2.75, 3.05) is 0 Å². The van der Waals surface area contributed by atoms with Crippen LogP contribution in [0.5, 0.6) is 11.5 Å². The topological polar surface area (TPSA) is 83.9 Å². The maximum Gasteiger partial charge on any atom is 0.137 e. The highest BCUT2D eigenvalue weighted by Crippen LogP contribution is 2.34. The molecule has 2 N–H and O–H groups in total. The molecular formula is C29H28N4O2S. The van der Waals surface area contributed by atoms with E-state index in [1.807, 2.05) is 67.7 Å². The number of aromatic nitrogens is 4. The predicted octanol–water partition coefficient (Wildman–Crippen LogP) is 6.94. The first-order chi connectivity index (χ1) is 17.6. The SMILES string of the molecule is Cc1cnc(-c2ccc(-c3cc(Oc4ccc5nc(C[C@@H]6CCCC[C@H]6O)sc5c4)ccn3)cc2)[nH]1. The predicted molar refractivity (Wildman–Crippen MR) is 143 cm³/mol. The van der Waals surface area contributed by atoms with Crippen molar-refractivity contribution in [2.24, 2.45) is 5.92 Å². The normalized spacial score (nSPS) is 17.9. The average molecular weight is 497 g/mol. The first-order valence-corrected chi connectivity index (χ1v) is 13.3. The number of aliphatic hydroxyl groups excluding tert-OH is 1. The molecule has 2 aromatic carbocycles. The van der Waals surface area contributed by atoms with Gasteiger partial charge >= 0.3 is 0 Å². The molecule has 36 heavy (non-hydrogen) atoms. The van der Waals surface area contributed by atoms with Gasteiger partial charge in [-0.3, -0.25) is 4.98 Å². The van der Waals surface area contributed by atoms with Crippen molar-refractivity contribution < 1.29 is 9.84 Å². The van der Waals surface area contributed by atoms with Crippen molar-refractivity contribution in [1.82, 2.24) is 19.9 Å². The van der Waals surface area contributed by atoms with E-state index in [9.17, 15) is 5.11 Å². The molecule has 0 aliphatic heterocycles. The molecule has 1 aliphatic rings. The Balaban J connectivity index is 1.18. The number of ether oxygens (including phenoxy) is 1. The Morgan fingerprint density at radius 2 is 1.78 bits per heavy atom. The van der Waals surface area contributed by atoms with Gasteiger partial charge in [0.05, 0.1) is 27.0 Å². The number of rotatable bonds is 6. The Bertz CT molecular complexity index is 1490. The number of thiazole rings is 1. The van der Waals surface area contributed by atoms with Crippen LogP contribution in [-0.2, 0) is 6.42 Å². The average Bonchev–Trinajstić information content (AvgIpc) is 3.51. The van der Waals surface area contributed by atoms with Crippen molar-refractivity contribution in [1.29, 1.82) is 0 Å². The molecule has 3 heterocycles. The highest BCUT2D eigenvalue weighted by molar-refractivity contribution is 7.18. The number of pyridine rings is 1. The second-order valence-electron chi connectivity index (χ2n) is 9.52. The molecule has 1 aliphatic carbocycles. The van der Waals surface area contributed by atoms with Crippen molar-refractivity contribution >= 4 is 21.6 Å². The number of H-pyrrole nitrogens is 1. The summed E-state index contributed by atoms with van der Waals surface area (Å²) in [6, 6.07) is 18.0. The fourth-order valence-corrected chi connectivity index (χ4v) is 5.97. The number of imidazole rings is 1. The lowest BCUT2D eigenvalue weighted by atomic mass is 9.84. The second kappa shape index (κ2) is 9.84. The summed E-state index contributed by atoms with van der Waals surface area (Å²) >= 11 is 1.70. The molecule has 6 nitrogen and oxygen atoms in total. The van der Waals surface area contributed by atoms with Gasteiger partial charge in [-0.25, -0.2) is 9.97 Å². The molecule has 7 heteroatoms. The number of aryl methyl sites for hydroxylation is 1. The van der Waals surface area contributed by atoms with E-state index >= 15 is 0 Å². The summed E-state index contributed by atoms with van der Waals surface area (Å²) in [5.41, 5.74) is 4.92. The third-order valence-corrected chi connectivity index (χ3v) is 7.87. The zero-order valence-corrected chi connectivity index (χ0v) is 21.0. The van der Waals surface area contributed by atoms with Crippen LogP contribution in [0.4, 0.5) is 0 Å². The molecule has 1 fully saturated rings. The summed E-state index contributed by atoms with van der Waals surface area (Å²) in [5, 5.41) is 11.4. The Morgan fingerprint density at radius 3 is 2.58 bits per heavy atom. The van der Waals surface area contributed by atoms with Crippen LogP contribution in [0.15, 0.2) is 67.0 Å². The van der Waals surface area contributed by atoms with Gasteiger partial charge in [-0.1, -0.05) is 37.1 Å². The van der Waals surface area contributed by atoms with E-state index in [0.717, 1.165) is 80.7 Å². The minimum atomic E-state index is -0.198. The lowest BCUT2D eigenvalue weighted by molar-refractivity contribution is 0.0700. The zero-order valence-electron chi connectivity index (χ0n) is 20.1. The molecule has 6 rings (SSSR count). The second-order valence-corrected chi connectivity index (χ2v) is 10.6. The Morgan fingerprint density at radius 1 is 0.972 bits per heavy atom.